The molecular formula is C19H20ClF3N4O2. The third kappa shape index (κ3) is 4.86. The molecule has 0 bridgehead atoms. The largest absolute Gasteiger partial charge is 0.417 e. The average molecular weight is 429 g/mol. The molecule has 1 aromatic carbocycles. The Bertz CT molecular complexity index is 1000. The maximum atomic E-state index is 13.4. The summed E-state index contributed by atoms with van der Waals surface area (Å²) in [7, 11) is 0. The van der Waals surface area contributed by atoms with Gasteiger partial charge >= 0.3 is 6.18 Å². The highest BCUT2D eigenvalue weighted by Crippen LogP contribution is 2.37. The van der Waals surface area contributed by atoms with Crippen LogP contribution in [-0.4, -0.2) is 29.1 Å². The molecule has 29 heavy (non-hydrogen) atoms. The smallest absolute Gasteiger partial charge is 0.352 e. The van der Waals surface area contributed by atoms with Crippen molar-refractivity contribution in [3.05, 3.63) is 47.2 Å². The van der Waals surface area contributed by atoms with Crippen LogP contribution in [0.1, 0.15) is 34.5 Å². The van der Waals surface area contributed by atoms with Crippen LogP contribution in [0.3, 0.4) is 0 Å². The van der Waals surface area contributed by atoms with Gasteiger partial charge in [0.25, 0.3) is 11.6 Å². The average Bonchev–Trinajstić information content (AvgIpc) is 3.04. The summed E-state index contributed by atoms with van der Waals surface area (Å²) in [5, 5.41) is 6.93. The molecule has 1 amide bonds. The van der Waals surface area contributed by atoms with Gasteiger partial charge in [0.2, 0.25) is 0 Å². The second-order valence-corrected chi connectivity index (χ2v) is 6.30. The van der Waals surface area contributed by atoms with Crippen LogP contribution in [-0.2, 0) is 6.18 Å². The molecule has 0 atom stereocenters. The molecule has 10 heteroatoms. The highest BCUT2D eigenvalue weighted by molar-refractivity contribution is 6.07. The van der Waals surface area contributed by atoms with Gasteiger partial charge in [-0.3, -0.25) is 4.79 Å². The molecule has 6 nitrogen and oxygen atoms in total. The molecule has 0 aliphatic rings. The number of amides is 1. The van der Waals surface area contributed by atoms with Gasteiger partial charge < -0.3 is 15.6 Å². The molecule has 2 heterocycles. The van der Waals surface area contributed by atoms with Gasteiger partial charge in [-0.2, -0.15) is 13.2 Å². The molecule has 2 aromatic heterocycles. The highest BCUT2D eigenvalue weighted by atomic mass is 35.5. The summed E-state index contributed by atoms with van der Waals surface area (Å²) in [6.45, 7) is 2.55. The van der Waals surface area contributed by atoms with E-state index in [1.807, 2.05) is 0 Å². The molecule has 0 radical (unpaired) electrons. The summed E-state index contributed by atoms with van der Waals surface area (Å²) in [5.74, 6) is -0.429. The van der Waals surface area contributed by atoms with Crippen LogP contribution in [0.2, 0.25) is 0 Å². The molecule has 0 aliphatic carbocycles. The van der Waals surface area contributed by atoms with Crippen molar-refractivity contribution >= 4 is 29.4 Å². The maximum Gasteiger partial charge on any atom is 0.417 e. The standard InChI is InChI=1S/C19H19F3N4O2.ClH/c1-11-16-13(17(27)24-9-5-4-8-23)10-15(25-18(16)28-26-11)12-6-2-3-7-14(12)19(20,21)22;/h2-3,6-7,10H,4-5,8-9,23H2,1H3,(H,24,27);1H. The Labute approximate surface area is 171 Å². The van der Waals surface area contributed by atoms with Gasteiger partial charge in [0.05, 0.1) is 27.9 Å². The molecule has 3 rings (SSSR count). The van der Waals surface area contributed by atoms with Gasteiger partial charge in [-0.15, -0.1) is 12.4 Å². The monoisotopic (exact) mass is 428 g/mol. The third-order valence-electron chi connectivity index (χ3n) is 4.29. The predicted octanol–water partition coefficient (Wildman–Crippen LogP) is 4.11. The number of carbonyl (C=O) groups excluding carboxylic acids is 1. The fraction of sp³-hybridized carbons (Fsp3) is 0.316. The molecule has 0 saturated carbocycles. The minimum Gasteiger partial charge on any atom is -0.352 e. The van der Waals surface area contributed by atoms with Gasteiger partial charge in [-0.05, 0) is 38.4 Å². The zero-order valence-electron chi connectivity index (χ0n) is 15.5. The molecule has 0 unspecified atom stereocenters. The van der Waals surface area contributed by atoms with Crippen molar-refractivity contribution in [3.8, 4) is 11.3 Å². The van der Waals surface area contributed by atoms with Crippen LogP contribution in [0.4, 0.5) is 13.2 Å². The maximum absolute atomic E-state index is 13.4. The van der Waals surface area contributed by atoms with E-state index < -0.39 is 17.6 Å². The van der Waals surface area contributed by atoms with Gasteiger partial charge in [0.1, 0.15) is 0 Å². The van der Waals surface area contributed by atoms with Gasteiger partial charge in [0, 0.05) is 12.1 Å². The predicted molar refractivity (Wildman–Crippen MR) is 105 cm³/mol. The number of fused-ring (bicyclic) bond motifs is 1. The molecule has 3 N–H and O–H groups in total. The number of nitrogens with zero attached hydrogens (tertiary/aromatic N) is 2. The lowest BCUT2D eigenvalue weighted by atomic mass is 10.0. The van der Waals surface area contributed by atoms with Crippen molar-refractivity contribution in [1.82, 2.24) is 15.5 Å². The Kier molecular flexibility index (Phi) is 7.21. The number of nitrogens with one attached hydrogen (secondary N) is 1. The van der Waals surface area contributed by atoms with Crippen molar-refractivity contribution in [1.29, 1.82) is 0 Å². The van der Waals surface area contributed by atoms with E-state index >= 15 is 0 Å². The van der Waals surface area contributed by atoms with E-state index in [0.29, 0.717) is 30.6 Å². The number of carbonyl (C=O) groups is 1. The number of halogens is 4. The molecule has 156 valence electrons. The highest BCUT2D eigenvalue weighted by Gasteiger charge is 2.34. The Morgan fingerprint density at radius 2 is 1.97 bits per heavy atom. The van der Waals surface area contributed by atoms with E-state index in [2.05, 4.69) is 15.5 Å². The summed E-state index contributed by atoms with van der Waals surface area (Å²) in [6.07, 6.45) is -3.11. The van der Waals surface area contributed by atoms with E-state index in [4.69, 9.17) is 10.3 Å². The zero-order valence-corrected chi connectivity index (χ0v) is 16.4. The fourth-order valence-electron chi connectivity index (χ4n) is 2.93. The Balaban J connectivity index is 0.00000300. The molecule has 3 aromatic rings. The third-order valence-corrected chi connectivity index (χ3v) is 4.29. The van der Waals surface area contributed by atoms with Crippen LogP contribution in [0, 0.1) is 6.92 Å². The molecule has 0 spiro atoms. The normalized spacial score (nSPS) is 11.3. The number of aryl methyl sites for hydroxylation is 1. The van der Waals surface area contributed by atoms with E-state index in [9.17, 15) is 18.0 Å². The lowest BCUT2D eigenvalue weighted by Gasteiger charge is -2.13. The van der Waals surface area contributed by atoms with Gasteiger partial charge in [-0.25, -0.2) is 4.98 Å². The number of hydrogen-bond donors (Lipinski definition) is 2. The number of hydrogen-bond acceptors (Lipinski definition) is 5. The SMILES string of the molecule is Cc1noc2nc(-c3ccccc3C(F)(F)F)cc(C(=O)NCCCCN)c12.Cl. The Morgan fingerprint density at radius 3 is 2.66 bits per heavy atom. The zero-order chi connectivity index (χ0) is 20.3. The fourth-order valence-corrected chi connectivity index (χ4v) is 2.93. The number of rotatable bonds is 6. The Hall–Kier alpha value is -2.65. The Morgan fingerprint density at radius 1 is 1.24 bits per heavy atom. The van der Waals surface area contributed by atoms with E-state index in [0.717, 1.165) is 12.5 Å². The summed E-state index contributed by atoms with van der Waals surface area (Å²) in [5.41, 5.74) is 5.07. The molecule has 0 saturated heterocycles. The topological polar surface area (TPSA) is 94.0 Å². The van der Waals surface area contributed by atoms with Crippen LogP contribution < -0.4 is 11.1 Å². The number of alkyl halides is 3. The van der Waals surface area contributed by atoms with Gasteiger partial charge in [0.15, 0.2) is 0 Å². The van der Waals surface area contributed by atoms with E-state index in [1.54, 1.807) is 6.92 Å². The minimum atomic E-state index is -4.56. The summed E-state index contributed by atoms with van der Waals surface area (Å²) in [6, 6.07) is 6.40. The van der Waals surface area contributed by atoms with Crippen molar-refractivity contribution in [3.63, 3.8) is 0 Å². The first kappa shape index (κ1) is 22.6. The van der Waals surface area contributed by atoms with Crippen molar-refractivity contribution < 1.29 is 22.5 Å². The molecular weight excluding hydrogens is 409 g/mol. The van der Waals surface area contributed by atoms with Crippen molar-refractivity contribution in [2.24, 2.45) is 5.73 Å². The first-order valence-corrected chi connectivity index (χ1v) is 8.75. The first-order valence-electron chi connectivity index (χ1n) is 8.75. The second-order valence-electron chi connectivity index (χ2n) is 6.30. The summed E-state index contributed by atoms with van der Waals surface area (Å²) >= 11 is 0. The lowest BCUT2D eigenvalue weighted by Crippen LogP contribution is -2.25. The number of pyridine rings is 1. The first-order chi connectivity index (χ1) is 13.3. The van der Waals surface area contributed by atoms with E-state index in [1.165, 1.54) is 24.3 Å². The number of benzene rings is 1. The van der Waals surface area contributed by atoms with Crippen molar-refractivity contribution in [2.75, 3.05) is 13.1 Å². The number of nitrogens with two attached hydrogens (primary N) is 1. The van der Waals surface area contributed by atoms with Gasteiger partial charge in [-0.1, -0.05) is 23.4 Å². The number of unbranched alkanes of at least 4 members (excludes halogenated alkanes) is 1. The number of aromatic nitrogens is 2. The van der Waals surface area contributed by atoms with E-state index in [-0.39, 0.29) is 34.9 Å². The second kappa shape index (κ2) is 9.23. The van der Waals surface area contributed by atoms with Crippen LogP contribution >= 0.6 is 12.4 Å². The summed E-state index contributed by atoms with van der Waals surface area (Å²) in [4.78, 5) is 16.8. The van der Waals surface area contributed by atoms with Crippen LogP contribution in [0.25, 0.3) is 22.4 Å². The molecule has 0 aliphatic heterocycles. The van der Waals surface area contributed by atoms with Crippen LogP contribution in [0.15, 0.2) is 34.9 Å². The summed E-state index contributed by atoms with van der Waals surface area (Å²) < 4.78 is 45.3. The van der Waals surface area contributed by atoms with Crippen molar-refractivity contribution in [2.45, 2.75) is 25.9 Å². The lowest BCUT2D eigenvalue weighted by molar-refractivity contribution is -0.137. The van der Waals surface area contributed by atoms with Crippen LogP contribution in [0.5, 0.6) is 0 Å². The quantitative estimate of drug-likeness (QED) is 0.576. The minimum absolute atomic E-state index is 0. The molecule has 0 fully saturated rings.